The smallest absolute Gasteiger partial charge is 0.257 e. The Morgan fingerprint density at radius 3 is 2.34 bits per heavy atom. The first-order valence-electron chi connectivity index (χ1n) is 9.72. The third-order valence-electron chi connectivity index (χ3n) is 5.15. The number of amides is 3. The van der Waals surface area contributed by atoms with Gasteiger partial charge in [-0.1, -0.05) is 23.7 Å². The Labute approximate surface area is 174 Å². The number of hydrogen-bond donors (Lipinski definition) is 2. The number of nitrogens with one attached hydrogen (secondary N) is 2. The van der Waals surface area contributed by atoms with Crippen molar-refractivity contribution >= 4 is 40.7 Å². The van der Waals surface area contributed by atoms with E-state index in [1.807, 2.05) is 0 Å². The molecule has 0 unspecified atom stereocenters. The second-order valence-corrected chi connectivity index (χ2v) is 7.99. The van der Waals surface area contributed by atoms with E-state index in [0.29, 0.717) is 22.5 Å². The van der Waals surface area contributed by atoms with Crippen LogP contribution in [0.2, 0.25) is 5.02 Å². The van der Waals surface area contributed by atoms with E-state index in [9.17, 15) is 14.4 Å². The van der Waals surface area contributed by atoms with Gasteiger partial charge in [-0.3, -0.25) is 14.4 Å². The third-order valence-corrected chi connectivity index (χ3v) is 5.46. The van der Waals surface area contributed by atoms with Crippen molar-refractivity contribution in [2.24, 2.45) is 5.92 Å². The van der Waals surface area contributed by atoms with Gasteiger partial charge in [0.15, 0.2) is 0 Å². The molecule has 0 heterocycles. The summed E-state index contributed by atoms with van der Waals surface area (Å²) in [6, 6.07) is 12.0. The topological polar surface area (TPSA) is 78.5 Å². The molecule has 2 aromatic carbocycles. The number of carbonyl (C=O) groups excluding carboxylic acids is 3. The summed E-state index contributed by atoms with van der Waals surface area (Å²) in [7, 11) is 1.69. The van der Waals surface area contributed by atoms with E-state index in [4.69, 9.17) is 11.6 Å². The van der Waals surface area contributed by atoms with Gasteiger partial charge in [-0.05, 0) is 56.0 Å². The number of hydrogen-bond acceptors (Lipinski definition) is 3. The number of anilines is 2. The minimum atomic E-state index is -0.345. The van der Waals surface area contributed by atoms with Gasteiger partial charge in [0.1, 0.15) is 0 Å². The Hall–Kier alpha value is -2.86. The van der Waals surface area contributed by atoms with Crippen molar-refractivity contribution in [3.8, 4) is 0 Å². The molecule has 4 rings (SSSR count). The van der Waals surface area contributed by atoms with Gasteiger partial charge >= 0.3 is 0 Å². The molecule has 2 saturated carbocycles. The molecule has 7 heteroatoms. The second kappa shape index (κ2) is 7.87. The highest BCUT2D eigenvalue weighted by Crippen LogP contribution is 2.33. The average molecular weight is 412 g/mol. The van der Waals surface area contributed by atoms with Gasteiger partial charge in [0.2, 0.25) is 5.91 Å². The van der Waals surface area contributed by atoms with E-state index < -0.39 is 0 Å². The van der Waals surface area contributed by atoms with Crippen molar-refractivity contribution in [1.82, 2.24) is 5.32 Å². The maximum atomic E-state index is 12.9. The first kappa shape index (κ1) is 19.5. The number of carbonyl (C=O) groups is 3. The van der Waals surface area contributed by atoms with E-state index in [2.05, 4.69) is 10.6 Å². The molecule has 6 nitrogen and oxygen atoms in total. The quantitative estimate of drug-likeness (QED) is 0.757. The van der Waals surface area contributed by atoms with Gasteiger partial charge in [-0.15, -0.1) is 0 Å². The van der Waals surface area contributed by atoms with Crippen molar-refractivity contribution in [3.63, 3.8) is 0 Å². The number of halogens is 1. The normalized spacial score (nSPS) is 15.5. The number of rotatable bonds is 6. The standard InChI is InChI=1S/C22H22ClN3O3/c1-26(22(29)13-6-7-13)19-5-3-2-4-17(19)21(28)25-15-10-11-16(18(23)12-15)20(27)24-14-8-9-14/h2-5,10-14H,6-9H2,1H3,(H,24,27)(H,25,28). The lowest BCUT2D eigenvalue weighted by Gasteiger charge is -2.20. The Kier molecular flexibility index (Phi) is 5.28. The zero-order chi connectivity index (χ0) is 20.5. The van der Waals surface area contributed by atoms with Crippen LogP contribution in [-0.4, -0.2) is 30.8 Å². The van der Waals surface area contributed by atoms with Crippen LogP contribution in [0.15, 0.2) is 42.5 Å². The SMILES string of the molecule is CN(C(=O)C1CC1)c1ccccc1C(=O)Nc1ccc(C(=O)NC2CC2)c(Cl)c1. The highest BCUT2D eigenvalue weighted by atomic mass is 35.5. The summed E-state index contributed by atoms with van der Waals surface area (Å²) in [5.74, 6) is -0.466. The molecule has 3 amide bonds. The first-order chi connectivity index (χ1) is 13.9. The van der Waals surface area contributed by atoms with Crippen LogP contribution in [0.25, 0.3) is 0 Å². The molecule has 2 N–H and O–H groups in total. The van der Waals surface area contributed by atoms with Crippen LogP contribution >= 0.6 is 11.6 Å². The lowest BCUT2D eigenvalue weighted by atomic mass is 10.1. The maximum Gasteiger partial charge on any atom is 0.257 e. The Morgan fingerprint density at radius 2 is 1.69 bits per heavy atom. The van der Waals surface area contributed by atoms with E-state index in [-0.39, 0.29) is 34.7 Å². The monoisotopic (exact) mass is 411 g/mol. The van der Waals surface area contributed by atoms with E-state index in [1.165, 1.54) is 0 Å². The van der Waals surface area contributed by atoms with Crippen LogP contribution in [0.5, 0.6) is 0 Å². The summed E-state index contributed by atoms with van der Waals surface area (Å²) >= 11 is 6.26. The molecule has 2 aliphatic carbocycles. The zero-order valence-corrected chi connectivity index (χ0v) is 16.8. The van der Waals surface area contributed by atoms with Crippen molar-refractivity contribution in [2.45, 2.75) is 31.7 Å². The van der Waals surface area contributed by atoms with Gasteiger partial charge in [-0.2, -0.15) is 0 Å². The zero-order valence-electron chi connectivity index (χ0n) is 16.1. The van der Waals surface area contributed by atoms with Gasteiger partial charge in [0, 0.05) is 24.7 Å². The minimum Gasteiger partial charge on any atom is -0.349 e. The summed E-state index contributed by atoms with van der Waals surface area (Å²) in [5.41, 5.74) is 1.82. The van der Waals surface area contributed by atoms with Crippen LogP contribution in [0.3, 0.4) is 0 Å². The fraction of sp³-hybridized carbons (Fsp3) is 0.318. The summed E-state index contributed by atoms with van der Waals surface area (Å²) in [6.07, 6.45) is 3.79. The lowest BCUT2D eigenvalue weighted by Crippen LogP contribution is -2.30. The van der Waals surface area contributed by atoms with Gasteiger partial charge in [-0.25, -0.2) is 0 Å². The van der Waals surface area contributed by atoms with Gasteiger partial charge in [0.05, 0.1) is 21.8 Å². The Bertz CT molecular complexity index is 983. The predicted molar refractivity (Wildman–Crippen MR) is 112 cm³/mol. The summed E-state index contributed by atoms with van der Waals surface area (Å²) in [4.78, 5) is 39.0. The second-order valence-electron chi connectivity index (χ2n) is 7.59. The molecular formula is C22H22ClN3O3. The minimum absolute atomic E-state index is 0.0272. The van der Waals surface area contributed by atoms with E-state index in [0.717, 1.165) is 25.7 Å². The fourth-order valence-corrected chi connectivity index (χ4v) is 3.41. The average Bonchev–Trinajstić information content (AvgIpc) is 3.61. The highest BCUT2D eigenvalue weighted by Gasteiger charge is 2.33. The molecule has 2 fully saturated rings. The van der Waals surface area contributed by atoms with Crippen LogP contribution in [0.1, 0.15) is 46.4 Å². The molecular weight excluding hydrogens is 390 g/mol. The number of para-hydroxylation sites is 1. The van der Waals surface area contributed by atoms with E-state index >= 15 is 0 Å². The molecule has 2 aromatic rings. The van der Waals surface area contributed by atoms with Gasteiger partial charge in [0.25, 0.3) is 11.8 Å². The van der Waals surface area contributed by atoms with Crippen LogP contribution < -0.4 is 15.5 Å². The summed E-state index contributed by atoms with van der Waals surface area (Å²) in [6.45, 7) is 0. The van der Waals surface area contributed by atoms with Crippen molar-refractivity contribution < 1.29 is 14.4 Å². The molecule has 0 saturated heterocycles. The lowest BCUT2D eigenvalue weighted by molar-refractivity contribution is -0.119. The molecule has 2 aliphatic rings. The Balaban J connectivity index is 1.50. The number of benzene rings is 2. The van der Waals surface area contributed by atoms with E-state index in [1.54, 1.807) is 54.4 Å². The van der Waals surface area contributed by atoms with Crippen molar-refractivity contribution in [2.75, 3.05) is 17.3 Å². The summed E-state index contributed by atoms with van der Waals surface area (Å²) in [5, 5.41) is 5.97. The molecule has 0 spiro atoms. The van der Waals surface area contributed by atoms with Crippen LogP contribution in [-0.2, 0) is 4.79 Å². The van der Waals surface area contributed by atoms with Crippen molar-refractivity contribution in [3.05, 3.63) is 58.6 Å². The Morgan fingerprint density at radius 1 is 0.966 bits per heavy atom. The van der Waals surface area contributed by atoms with Crippen LogP contribution in [0.4, 0.5) is 11.4 Å². The molecule has 150 valence electrons. The maximum absolute atomic E-state index is 12.9. The molecule has 0 bridgehead atoms. The van der Waals surface area contributed by atoms with Crippen molar-refractivity contribution in [1.29, 1.82) is 0 Å². The van der Waals surface area contributed by atoms with Gasteiger partial charge < -0.3 is 15.5 Å². The van der Waals surface area contributed by atoms with Crippen LogP contribution in [0, 0.1) is 5.92 Å². The molecule has 0 atom stereocenters. The fourth-order valence-electron chi connectivity index (χ4n) is 3.15. The highest BCUT2D eigenvalue weighted by molar-refractivity contribution is 6.34. The molecule has 0 radical (unpaired) electrons. The third kappa shape index (κ3) is 4.43. The first-order valence-corrected chi connectivity index (χ1v) is 10.1. The molecule has 0 aromatic heterocycles. The predicted octanol–water partition coefficient (Wildman–Crippen LogP) is 3.86. The number of nitrogens with zero attached hydrogens (tertiary/aromatic N) is 1. The molecule has 29 heavy (non-hydrogen) atoms. The molecule has 0 aliphatic heterocycles. The summed E-state index contributed by atoms with van der Waals surface area (Å²) < 4.78 is 0. The largest absolute Gasteiger partial charge is 0.349 e.